The lowest BCUT2D eigenvalue weighted by atomic mass is 9.92. The molecule has 0 amide bonds. The van der Waals surface area contributed by atoms with E-state index in [2.05, 4.69) is 5.32 Å². The quantitative estimate of drug-likeness (QED) is 0.603. The van der Waals surface area contributed by atoms with E-state index in [0.29, 0.717) is 18.7 Å². The predicted molar refractivity (Wildman–Crippen MR) is 92.6 cm³/mol. The van der Waals surface area contributed by atoms with Gasteiger partial charge in [0.15, 0.2) is 0 Å². The second-order valence-corrected chi connectivity index (χ2v) is 6.66. The molecule has 1 unspecified atom stereocenters. The summed E-state index contributed by atoms with van der Waals surface area (Å²) in [6.45, 7) is 3.00. The van der Waals surface area contributed by atoms with Crippen LogP contribution in [0.15, 0.2) is 48.5 Å². The van der Waals surface area contributed by atoms with Crippen LogP contribution in [0.25, 0.3) is 0 Å². The molecule has 1 atom stereocenters. The molecule has 5 nitrogen and oxygen atoms in total. The lowest BCUT2D eigenvalue weighted by Crippen LogP contribution is -2.28. The highest BCUT2D eigenvalue weighted by atomic mass is 16.6. The van der Waals surface area contributed by atoms with Crippen molar-refractivity contribution in [2.45, 2.75) is 32.4 Å². The first-order valence-electron chi connectivity index (χ1n) is 8.19. The number of nitro benzene ring substituents is 1. The predicted octanol–water partition coefficient (Wildman–Crippen LogP) is 3.51. The summed E-state index contributed by atoms with van der Waals surface area (Å²) in [5, 5.41) is 25.0. The Morgan fingerprint density at radius 2 is 1.96 bits per heavy atom. The van der Waals surface area contributed by atoms with Crippen LogP contribution in [0.2, 0.25) is 0 Å². The summed E-state index contributed by atoms with van der Waals surface area (Å²) >= 11 is 0. The second kappa shape index (κ2) is 6.71. The van der Waals surface area contributed by atoms with Crippen LogP contribution >= 0.6 is 0 Å². The third kappa shape index (κ3) is 3.47. The number of rotatable bonds is 7. The van der Waals surface area contributed by atoms with Gasteiger partial charge in [-0.3, -0.25) is 10.1 Å². The molecule has 0 radical (unpaired) electrons. The number of aliphatic hydroxyl groups is 1. The Hall–Kier alpha value is -2.24. The molecular formula is C19H22N2O3. The van der Waals surface area contributed by atoms with E-state index in [9.17, 15) is 15.2 Å². The molecule has 126 valence electrons. The van der Waals surface area contributed by atoms with Gasteiger partial charge in [0, 0.05) is 30.1 Å². The van der Waals surface area contributed by atoms with Gasteiger partial charge >= 0.3 is 0 Å². The molecule has 5 heteroatoms. The van der Waals surface area contributed by atoms with Crippen molar-refractivity contribution in [3.05, 3.63) is 75.3 Å². The zero-order valence-corrected chi connectivity index (χ0v) is 13.7. The Bertz CT molecular complexity index is 727. The summed E-state index contributed by atoms with van der Waals surface area (Å²) in [5.74, 6) is 0. The van der Waals surface area contributed by atoms with Gasteiger partial charge in [-0.15, -0.1) is 0 Å². The van der Waals surface area contributed by atoms with E-state index < -0.39 is 6.10 Å². The molecule has 2 N–H and O–H groups in total. The van der Waals surface area contributed by atoms with Crippen molar-refractivity contribution in [3.8, 4) is 0 Å². The van der Waals surface area contributed by atoms with E-state index in [-0.39, 0.29) is 16.0 Å². The van der Waals surface area contributed by atoms with E-state index in [4.69, 9.17) is 0 Å². The molecule has 0 aromatic heterocycles. The van der Waals surface area contributed by atoms with Gasteiger partial charge in [0.05, 0.1) is 11.0 Å². The summed E-state index contributed by atoms with van der Waals surface area (Å²) < 4.78 is 0. The van der Waals surface area contributed by atoms with Gasteiger partial charge < -0.3 is 10.4 Å². The zero-order chi connectivity index (χ0) is 17.2. The fourth-order valence-corrected chi connectivity index (χ4v) is 3.11. The smallest absolute Gasteiger partial charge is 0.272 e. The van der Waals surface area contributed by atoms with Crippen LogP contribution in [0.1, 0.15) is 35.6 Å². The number of hydrogen-bond donors (Lipinski definition) is 2. The third-order valence-corrected chi connectivity index (χ3v) is 4.86. The minimum Gasteiger partial charge on any atom is -0.388 e. The Labute approximate surface area is 141 Å². The molecule has 1 aliphatic carbocycles. The molecule has 0 aliphatic heterocycles. The average molecular weight is 326 g/mol. The summed E-state index contributed by atoms with van der Waals surface area (Å²) in [6.07, 6.45) is 1.51. The molecule has 1 aliphatic rings. The number of nitrogens with zero attached hydrogens (tertiary/aromatic N) is 1. The molecule has 0 saturated heterocycles. The Kier molecular flexibility index (Phi) is 4.64. The standard InChI is InChI=1S/C19H22N2O3/c1-14-7-8-15(11-17(14)21(23)24)12-20-13-19(9-10-19)18(22)16-5-3-2-4-6-16/h2-8,11,18,20,22H,9-10,12-13H2,1H3. The van der Waals surface area contributed by atoms with Crippen LogP contribution in [0.4, 0.5) is 5.69 Å². The maximum Gasteiger partial charge on any atom is 0.272 e. The molecule has 3 rings (SSSR count). The first-order valence-corrected chi connectivity index (χ1v) is 8.19. The van der Waals surface area contributed by atoms with Crippen molar-refractivity contribution in [3.63, 3.8) is 0 Å². The summed E-state index contributed by atoms with van der Waals surface area (Å²) in [7, 11) is 0. The maximum absolute atomic E-state index is 11.0. The van der Waals surface area contributed by atoms with Crippen molar-refractivity contribution >= 4 is 5.69 Å². The molecule has 1 saturated carbocycles. The molecule has 2 aromatic rings. The number of hydrogen-bond acceptors (Lipinski definition) is 4. The highest BCUT2D eigenvalue weighted by Gasteiger charge is 2.48. The highest BCUT2D eigenvalue weighted by Crippen LogP contribution is 2.54. The Morgan fingerprint density at radius 3 is 2.58 bits per heavy atom. The minimum atomic E-state index is -0.474. The lowest BCUT2D eigenvalue weighted by Gasteiger charge is -2.23. The average Bonchev–Trinajstić information content (AvgIpc) is 3.37. The Morgan fingerprint density at radius 1 is 1.25 bits per heavy atom. The highest BCUT2D eigenvalue weighted by molar-refractivity contribution is 5.42. The summed E-state index contributed by atoms with van der Waals surface area (Å²) in [6, 6.07) is 15.0. The number of aliphatic hydroxyl groups excluding tert-OH is 1. The SMILES string of the molecule is Cc1ccc(CNCC2(C(O)c3ccccc3)CC2)cc1[N+](=O)[O-]. The van der Waals surface area contributed by atoms with E-state index >= 15 is 0 Å². The minimum absolute atomic E-state index is 0.113. The Balaban J connectivity index is 1.60. The van der Waals surface area contributed by atoms with Crippen molar-refractivity contribution < 1.29 is 10.0 Å². The van der Waals surface area contributed by atoms with Gasteiger partial charge in [0.2, 0.25) is 0 Å². The summed E-state index contributed by atoms with van der Waals surface area (Å²) in [5.41, 5.74) is 2.54. The maximum atomic E-state index is 11.0. The van der Waals surface area contributed by atoms with Crippen molar-refractivity contribution in [2.75, 3.05) is 6.54 Å². The van der Waals surface area contributed by atoms with Crippen LogP contribution < -0.4 is 5.32 Å². The summed E-state index contributed by atoms with van der Waals surface area (Å²) in [4.78, 5) is 10.7. The van der Waals surface area contributed by atoms with Gasteiger partial charge in [-0.2, -0.15) is 0 Å². The van der Waals surface area contributed by atoms with Crippen molar-refractivity contribution in [1.29, 1.82) is 0 Å². The second-order valence-electron chi connectivity index (χ2n) is 6.66. The fourth-order valence-electron chi connectivity index (χ4n) is 3.11. The van der Waals surface area contributed by atoms with Gasteiger partial charge in [-0.05, 0) is 30.9 Å². The molecular weight excluding hydrogens is 304 g/mol. The van der Waals surface area contributed by atoms with Crippen LogP contribution in [0, 0.1) is 22.5 Å². The van der Waals surface area contributed by atoms with Crippen molar-refractivity contribution in [1.82, 2.24) is 5.32 Å². The monoisotopic (exact) mass is 326 g/mol. The van der Waals surface area contributed by atoms with E-state index in [1.54, 1.807) is 19.1 Å². The number of benzene rings is 2. The van der Waals surface area contributed by atoms with Crippen LogP contribution in [0.5, 0.6) is 0 Å². The first kappa shape index (κ1) is 16.6. The third-order valence-electron chi connectivity index (χ3n) is 4.86. The van der Waals surface area contributed by atoms with Gasteiger partial charge in [0.1, 0.15) is 0 Å². The largest absolute Gasteiger partial charge is 0.388 e. The normalized spacial score (nSPS) is 16.6. The van der Waals surface area contributed by atoms with Crippen LogP contribution in [-0.4, -0.2) is 16.6 Å². The van der Waals surface area contributed by atoms with E-state index in [1.807, 2.05) is 36.4 Å². The first-order chi connectivity index (χ1) is 11.5. The van der Waals surface area contributed by atoms with Crippen LogP contribution in [-0.2, 0) is 6.54 Å². The fraction of sp³-hybridized carbons (Fsp3) is 0.368. The van der Waals surface area contributed by atoms with Gasteiger partial charge in [-0.25, -0.2) is 0 Å². The van der Waals surface area contributed by atoms with Crippen molar-refractivity contribution in [2.24, 2.45) is 5.41 Å². The molecule has 1 fully saturated rings. The zero-order valence-electron chi connectivity index (χ0n) is 13.7. The molecule has 0 bridgehead atoms. The molecule has 24 heavy (non-hydrogen) atoms. The lowest BCUT2D eigenvalue weighted by molar-refractivity contribution is -0.385. The molecule has 0 heterocycles. The van der Waals surface area contributed by atoms with Gasteiger partial charge in [-0.1, -0.05) is 42.5 Å². The number of aryl methyl sites for hydroxylation is 1. The van der Waals surface area contributed by atoms with E-state index in [0.717, 1.165) is 24.0 Å². The molecule has 0 spiro atoms. The molecule has 2 aromatic carbocycles. The van der Waals surface area contributed by atoms with Gasteiger partial charge in [0.25, 0.3) is 5.69 Å². The number of nitro groups is 1. The van der Waals surface area contributed by atoms with Crippen LogP contribution in [0.3, 0.4) is 0 Å². The topological polar surface area (TPSA) is 75.4 Å². The number of nitrogens with one attached hydrogen (secondary N) is 1. The van der Waals surface area contributed by atoms with E-state index in [1.165, 1.54) is 0 Å².